The van der Waals surface area contributed by atoms with Crippen LogP contribution in [-0.4, -0.2) is 87.6 Å². The van der Waals surface area contributed by atoms with Crippen molar-refractivity contribution in [2.45, 2.75) is 117 Å². The Hall–Kier alpha value is -6.56. The van der Waals surface area contributed by atoms with Gasteiger partial charge in [-0.2, -0.15) is 5.10 Å². The summed E-state index contributed by atoms with van der Waals surface area (Å²) in [6.07, 6.45) is 7.12. The monoisotopic (exact) mass is 1020 g/mol. The molecule has 0 unspecified atom stereocenters. The van der Waals surface area contributed by atoms with E-state index in [1.165, 1.54) is 4.88 Å². The van der Waals surface area contributed by atoms with Gasteiger partial charge in [0.15, 0.2) is 5.82 Å². The number of carbonyl (C=O) groups is 3. The highest BCUT2D eigenvalue weighted by molar-refractivity contribution is 7.15. The predicted octanol–water partition coefficient (Wildman–Crippen LogP) is 9.92. The summed E-state index contributed by atoms with van der Waals surface area (Å²) in [6.45, 7) is 16.7. The molecule has 372 valence electrons. The minimum Gasteiger partial charge on any atom is -0.474 e. The highest BCUT2D eigenvalue weighted by atomic mass is 35.5. The van der Waals surface area contributed by atoms with Gasteiger partial charge >= 0.3 is 0 Å². The number of fused-ring (bicyclic) bond motifs is 3. The Bertz CT molecular complexity index is 3190. The van der Waals surface area contributed by atoms with Crippen molar-refractivity contribution in [3.05, 3.63) is 134 Å². The predicted molar refractivity (Wildman–Crippen MR) is 281 cm³/mol. The minimum absolute atomic E-state index is 0.0738. The summed E-state index contributed by atoms with van der Waals surface area (Å²) in [5.74, 6) is 1.47. The number of hydrogen-bond donors (Lipinski definition) is 2. The quantitative estimate of drug-likeness (QED) is 0.107. The minimum atomic E-state index is -0.622. The van der Waals surface area contributed by atoms with Crippen molar-refractivity contribution in [2.24, 2.45) is 16.8 Å². The van der Waals surface area contributed by atoms with E-state index in [0.29, 0.717) is 42.5 Å². The number of aryl methyl sites for hydroxylation is 3. The number of rotatable bonds is 14. The number of nitrogens with one attached hydrogen (secondary N) is 2. The molecule has 5 atom stereocenters. The zero-order valence-electron chi connectivity index (χ0n) is 41.6. The highest BCUT2D eigenvalue weighted by Gasteiger charge is 2.42. The molecule has 2 aromatic carbocycles. The Morgan fingerprint density at radius 2 is 1.65 bits per heavy atom. The van der Waals surface area contributed by atoms with Crippen LogP contribution in [0.3, 0.4) is 0 Å². The molecule has 15 nitrogen and oxygen atoms in total. The number of amides is 3. The summed E-state index contributed by atoms with van der Waals surface area (Å²) < 4.78 is 10.1. The van der Waals surface area contributed by atoms with Crippen molar-refractivity contribution >= 4 is 57.7 Å². The van der Waals surface area contributed by atoms with Crippen molar-refractivity contribution in [2.75, 3.05) is 6.54 Å². The first kappa shape index (κ1) is 49.0. The lowest BCUT2D eigenvalue weighted by atomic mass is 9.89. The van der Waals surface area contributed by atoms with Gasteiger partial charge in [-0.05, 0) is 93.3 Å². The molecule has 3 amide bonds. The fourth-order valence-electron chi connectivity index (χ4n) is 10.1. The van der Waals surface area contributed by atoms with E-state index >= 15 is 0 Å². The Morgan fingerprint density at radius 1 is 0.903 bits per heavy atom. The van der Waals surface area contributed by atoms with Gasteiger partial charge in [-0.15, -0.1) is 32.9 Å². The second kappa shape index (κ2) is 20.2. The Balaban J connectivity index is 0.762. The fourth-order valence-corrected chi connectivity index (χ4v) is 12.3. The average Bonchev–Trinajstić information content (AvgIpc) is 4.19. The van der Waals surface area contributed by atoms with Crippen molar-refractivity contribution in [3.63, 3.8) is 0 Å². The van der Waals surface area contributed by atoms with Crippen LogP contribution in [0, 0.1) is 39.5 Å². The van der Waals surface area contributed by atoms with Crippen molar-refractivity contribution in [1.82, 2.24) is 50.0 Å². The molecule has 3 aliphatic rings. The van der Waals surface area contributed by atoms with Crippen LogP contribution in [0.5, 0.6) is 5.88 Å². The molecule has 1 saturated carbocycles. The van der Waals surface area contributed by atoms with Crippen LogP contribution in [0.15, 0.2) is 89.8 Å². The molecule has 2 fully saturated rings. The van der Waals surface area contributed by atoms with E-state index in [4.69, 9.17) is 26.4 Å². The van der Waals surface area contributed by atoms with E-state index < -0.39 is 18.1 Å². The standard InChI is InChI=1S/C54H58ClN11O4S2/c1-28(2)49(53(69)64-25-29(3)19-44(64)52(68)59-31(5)35-9-11-37(12-10-35)50-32(6)57-27-71-50)65-26-39(24-58-65)38-17-18-56-46(20-38)70-42-21-41(22-42)60-45(67)23-43-51-63-62-34(8)66(51)54-47(30(4)33(7)72-54)48(61-43)36-13-15-40(55)16-14-36/h9-18,20,24,26-29,31,41-44,49H,19,21-23,25H2,1-8H3,(H,59,68)(H,60,67)/t29-,31+,41?,42?,43+,44+,49+/m1/s1. The normalized spacial score (nSPS) is 20.2. The van der Waals surface area contributed by atoms with Gasteiger partial charge in [-0.25, -0.2) is 9.97 Å². The molecule has 7 aromatic rings. The Labute approximate surface area is 432 Å². The summed E-state index contributed by atoms with van der Waals surface area (Å²) in [6, 6.07) is 17.5. The number of aromatic nitrogens is 7. The van der Waals surface area contributed by atoms with Crippen LogP contribution in [0.1, 0.15) is 116 Å². The molecule has 0 spiro atoms. The summed E-state index contributed by atoms with van der Waals surface area (Å²) >= 11 is 9.57. The first-order valence-corrected chi connectivity index (χ1v) is 26.6. The number of benzene rings is 2. The molecule has 5 aromatic heterocycles. The molecular weight excluding hydrogens is 966 g/mol. The number of aliphatic imine (C=N–C) groups is 1. The smallest absolute Gasteiger partial charge is 0.248 e. The topological polar surface area (TPSA) is 174 Å². The summed E-state index contributed by atoms with van der Waals surface area (Å²) in [4.78, 5) is 60.4. The number of thiazole rings is 1. The molecule has 2 N–H and O–H groups in total. The molecule has 10 rings (SSSR count). The van der Waals surface area contributed by atoms with E-state index in [-0.39, 0.29) is 54.2 Å². The maximum absolute atomic E-state index is 14.5. The number of likely N-dealkylation sites (tertiary alicyclic amines) is 1. The number of carbonyl (C=O) groups excluding carboxylic acids is 3. The molecule has 72 heavy (non-hydrogen) atoms. The number of halogens is 1. The second-order valence-corrected chi connectivity index (χ2v) is 22.3. The van der Waals surface area contributed by atoms with Gasteiger partial charge < -0.3 is 20.3 Å². The Kier molecular flexibility index (Phi) is 13.7. The molecular formula is C54H58ClN11O4S2. The third-order valence-corrected chi connectivity index (χ3v) is 16.6. The van der Waals surface area contributed by atoms with Crippen LogP contribution in [0.25, 0.3) is 26.6 Å². The largest absolute Gasteiger partial charge is 0.474 e. The fraction of sp³-hybridized carbons (Fsp3) is 0.389. The van der Waals surface area contributed by atoms with Gasteiger partial charge in [0.25, 0.3) is 0 Å². The van der Waals surface area contributed by atoms with E-state index in [9.17, 15) is 14.4 Å². The molecule has 7 heterocycles. The number of ether oxygens (including phenoxy) is 1. The van der Waals surface area contributed by atoms with Crippen LogP contribution >= 0.6 is 34.3 Å². The molecule has 2 aliphatic heterocycles. The van der Waals surface area contributed by atoms with Crippen LogP contribution in [0.4, 0.5) is 0 Å². The van der Waals surface area contributed by atoms with E-state index in [2.05, 4.69) is 63.7 Å². The molecule has 1 aliphatic carbocycles. The number of pyridine rings is 1. The first-order chi connectivity index (χ1) is 34.6. The first-order valence-electron chi connectivity index (χ1n) is 24.5. The van der Waals surface area contributed by atoms with Crippen LogP contribution in [-0.2, 0) is 14.4 Å². The van der Waals surface area contributed by atoms with Crippen molar-refractivity contribution in [3.8, 4) is 32.4 Å². The summed E-state index contributed by atoms with van der Waals surface area (Å²) in [7, 11) is 0. The molecule has 0 radical (unpaired) electrons. The van der Waals surface area contributed by atoms with Crippen LogP contribution in [0.2, 0.25) is 5.02 Å². The van der Waals surface area contributed by atoms with E-state index in [1.807, 2.05) is 99.4 Å². The lowest BCUT2D eigenvalue weighted by molar-refractivity contribution is -0.142. The van der Waals surface area contributed by atoms with E-state index in [0.717, 1.165) is 66.1 Å². The number of nitrogens with zero attached hydrogens (tertiary/aromatic N) is 9. The van der Waals surface area contributed by atoms with E-state index in [1.54, 1.807) is 44.6 Å². The van der Waals surface area contributed by atoms with Crippen LogP contribution < -0.4 is 15.4 Å². The number of thiophene rings is 1. The lowest BCUT2D eigenvalue weighted by Crippen LogP contribution is -2.49. The number of hydrogen-bond acceptors (Lipinski definition) is 12. The molecule has 18 heteroatoms. The highest BCUT2D eigenvalue weighted by Crippen LogP contribution is 2.40. The Morgan fingerprint density at radius 3 is 2.38 bits per heavy atom. The third-order valence-electron chi connectivity index (χ3n) is 14.2. The lowest BCUT2D eigenvalue weighted by Gasteiger charge is -2.35. The summed E-state index contributed by atoms with van der Waals surface area (Å²) in [5, 5.41) is 21.7. The average molecular weight is 1020 g/mol. The van der Waals surface area contributed by atoms with Gasteiger partial charge in [0.05, 0.1) is 40.5 Å². The SMILES string of the molecule is Cc1ncsc1-c1ccc([C@H](C)NC(=O)[C@@H]2C[C@@H](C)CN2C(=O)[C@H](C(C)C)n2cc(-c3ccnc(OC4CC(NC(=O)C[C@@H]5N=C(c6ccc(Cl)cc6)c6c(sc(C)c6C)-n6c(C)nnc65)C4)c3)cn2)cc1. The molecule has 1 saturated heterocycles. The maximum atomic E-state index is 14.5. The second-order valence-electron chi connectivity index (χ2n) is 19.8. The van der Waals surface area contributed by atoms with Gasteiger partial charge in [0, 0.05) is 70.5 Å². The van der Waals surface area contributed by atoms with Gasteiger partial charge in [0.2, 0.25) is 23.6 Å². The van der Waals surface area contributed by atoms with Crippen molar-refractivity contribution < 1.29 is 19.1 Å². The van der Waals surface area contributed by atoms with Gasteiger partial charge in [-0.1, -0.05) is 68.8 Å². The molecule has 0 bridgehead atoms. The zero-order valence-corrected chi connectivity index (χ0v) is 44.0. The third kappa shape index (κ3) is 9.73. The van der Waals surface area contributed by atoms with Crippen molar-refractivity contribution in [1.29, 1.82) is 0 Å². The maximum Gasteiger partial charge on any atom is 0.248 e. The van der Waals surface area contributed by atoms with Gasteiger partial charge in [0.1, 0.15) is 35.1 Å². The van der Waals surface area contributed by atoms with Gasteiger partial charge in [-0.3, -0.25) is 28.6 Å². The summed E-state index contributed by atoms with van der Waals surface area (Å²) in [5.41, 5.74) is 10.4. The zero-order chi connectivity index (χ0) is 50.5.